The van der Waals surface area contributed by atoms with Crippen LogP contribution in [0.3, 0.4) is 0 Å². The largest absolute Gasteiger partial charge is 0.507 e. The molecule has 3 heterocycles. The molecule has 1 fully saturated rings. The number of ketones is 1. The van der Waals surface area contributed by atoms with Crippen molar-refractivity contribution in [1.82, 2.24) is 14.0 Å². The molecule has 1 amide bonds. The van der Waals surface area contributed by atoms with E-state index in [1.165, 1.54) is 46.0 Å². The van der Waals surface area contributed by atoms with Crippen molar-refractivity contribution in [2.45, 2.75) is 13.0 Å². The Morgan fingerprint density at radius 3 is 2.13 bits per heavy atom. The van der Waals surface area contributed by atoms with Crippen molar-refractivity contribution >= 4 is 23.1 Å². The van der Waals surface area contributed by atoms with Crippen LogP contribution in [0.2, 0.25) is 0 Å². The fourth-order valence-electron chi connectivity index (χ4n) is 5.67. The van der Waals surface area contributed by atoms with Crippen molar-refractivity contribution in [1.29, 1.82) is 0 Å². The second-order valence-corrected chi connectivity index (χ2v) is 11.4. The van der Waals surface area contributed by atoms with Crippen LogP contribution >= 0.6 is 0 Å². The summed E-state index contributed by atoms with van der Waals surface area (Å²) in [4.78, 5) is 43.1. The topological polar surface area (TPSA) is 87.8 Å². The van der Waals surface area contributed by atoms with E-state index in [9.17, 15) is 28.3 Å². The lowest BCUT2D eigenvalue weighted by molar-refractivity contribution is -0.142. The van der Waals surface area contributed by atoms with Gasteiger partial charge >= 0.3 is 0 Å². The van der Waals surface area contributed by atoms with E-state index in [4.69, 9.17) is 0 Å². The van der Waals surface area contributed by atoms with Crippen molar-refractivity contribution in [3.63, 3.8) is 0 Å². The molecule has 1 aliphatic heterocycles. The summed E-state index contributed by atoms with van der Waals surface area (Å²) in [6, 6.07) is 25.2. The van der Waals surface area contributed by atoms with E-state index in [2.05, 4.69) is 4.90 Å². The van der Waals surface area contributed by atoms with Gasteiger partial charge in [0.15, 0.2) is 0 Å². The van der Waals surface area contributed by atoms with Crippen LogP contribution in [-0.2, 0) is 22.6 Å². The fourth-order valence-corrected chi connectivity index (χ4v) is 5.67. The lowest BCUT2D eigenvalue weighted by Crippen LogP contribution is -2.50. The zero-order chi connectivity index (χ0) is 32.9. The van der Waals surface area contributed by atoms with Gasteiger partial charge in [-0.1, -0.05) is 30.3 Å². The highest BCUT2D eigenvalue weighted by atomic mass is 19.1. The number of aliphatic hydroxyl groups is 1. The summed E-state index contributed by atoms with van der Waals surface area (Å²) in [5, 5.41) is 11.0. The normalized spacial score (nSPS) is 13.5. The van der Waals surface area contributed by atoms with E-state index in [1.54, 1.807) is 24.3 Å². The SMILES string of the molecule is O=C(/C=C(/O)c1cc(Cc2ccc(F)cc2)cn(Cc2ccccc2F)c1=O)C(=O)N1CCN(c2ccc(-n3cccc3)cc2)CC1. The van der Waals surface area contributed by atoms with E-state index >= 15 is 0 Å². The van der Waals surface area contributed by atoms with Crippen LogP contribution in [0.5, 0.6) is 0 Å². The van der Waals surface area contributed by atoms with Crippen molar-refractivity contribution < 1.29 is 23.5 Å². The maximum absolute atomic E-state index is 14.5. The van der Waals surface area contributed by atoms with Crippen LogP contribution in [-0.4, -0.2) is 57.0 Å². The summed E-state index contributed by atoms with van der Waals surface area (Å²) in [6.07, 6.45) is 6.50. The summed E-state index contributed by atoms with van der Waals surface area (Å²) in [5.74, 6) is -3.31. The molecule has 10 heteroatoms. The molecule has 6 rings (SSSR count). The zero-order valence-electron chi connectivity index (χ0n) is 25.4. The Hall–Kier alpha value is -5.77. The average Bonchev–Trinajstić information content (AvgIpc) is 3.63. The minimum absolute atomic E-state index is 0.130. The number of piperazine rings is 1. The Morgan fingerprint density at radius 1 is 0.787 bits per heavy atom. The number of rotatable bonds is 9. The molecule has 0 saturated carbocycles. The molecule has 3 aromatic carbocycles. The first-order chi connectivity index (χ1) is 22.7. The quantitative estimate of drug-likeness (QED) is 0.134. The molecule has 0 bridgehead atoms. The molecule has 1 saturated heterocycles. The Labute approximate surface area is 270 Å². The molecule has 0 atom stereocenters. The maximum atomic E-state index is 14.5. The average molecular weight is 635 g/mol. The third-order valence-electron chi connectivity index (χ3n) is 8.20. The first kappa shape index (κ1) is 31.2. The van der Waals surface area contributed by atoms with Crippen LogP contribution in [0, 0.1) is 11.6 Å². The molecular weight excluding hydrogens is 602 g/mol. The number of benzene rings is 3. The van der Waals surface area contributed by atoms with E-state index in [0.717, 1.165) is 23.0 Å². The predicted molar refractivity (Wildman–Crippen MR) is 176 cm³/mol. The highest BCUT2D eigenvalue weighted by Gasteiger charge is 2.26. The van der Waals surface area contributed by atoms with Crippen molar-refractivity contribution in [2.75, 3.05) is 31.1 Å². The molecule has 5 aromatic rings. The molecule has 0 radical (unpaired) electrons. The van der Waals surface area contributed by atoms with Gasteiger partial charge in [0.1, 0.15) is 17.4 Å². The first-order valence-corrected chi connectivity index (χ1v) is 15.2. The summed E-state index contributed by atoms with van der Waals surface area (Å²) in [7, 11) is 0. The fraction of sp³-hybridized carbons (Fsp3) is 0.162. The second kappa shape index (κ2) is 13.7. The standard InChI is InChI=1S/C37H32F2N4O4/c38-29-9-7-26(8-10-29)21-27-22-32(36(46)43(24-27)25-28-5-1-2-6-33(28)39)34(44)23-35(45)37(47)42-19-17-41(18-20-42)31-13-11-30(12-14-31)40-15-3-4-16-40/h1-16,22-24,44H,17-21,25H2/b34-23+. The number of amides is 1. The van der Waals surface area contributed by atoms with Gasteiger partial charge in [0.05, 0.1) is 12.1 Å². The van der Waals surface area contributed by atoms with E-state index < -0.39 is 34.6 Å². The van der Waals surface area contributed by atoms with E-state index in [0.29, 0.717) is 31.7 Å². The molecule has 2 aromatic heterocycles. The molecule has 238 valence electrons. The summed E-state index contributed by atoms with van der Waals surface area (Å²) in [5.41, 5.74) is 2.70. The van der Waals surface area contributed by atoms with Crippen molar-refractivity contribution in [3.05, 3.63) is 160 Å². The molecule has 0 spiro atoms. The Bertz CT molecular complexity index is 1980. The lowest BCUT2D eigenvalue weighted by atomic mass is 10.0. The lowest BCUT2D eigenvalue weighted by Gasteiger charge is -2.35. The highest BCUT2D eigenvalue weighted by Crippen LogP contribution is 2.20. The number of hydrogen-bond donors (Lipinski definition) is 1. The minimum Gasteiger partial charge on any atom is -0.507 e. The number of aliphatic hydroxyl groups excluding tert-OH is 1. The van der Waals surface area contributed by atoms with E-state index in [-0.39, 0.29) is 24.1 Å². The number of halogens is 2. The minimum atomic E-state index is -0.962. The highest BCUT2D eigenvalue weighted by molar-refractivity contribution is 6.41. The molecule has 8 nitrogen and oxygen atoms in total. The number of carbonyl (C=O) groups excluding carboxylic acids is 2. The van der Waals surface area contributed by atoms with Gasteiger partial charge in [0, 0.05) is 67.8 Å². The van der Waals surface area contributed by atoms with Gasteiger partial charge in [-0.05, 0) is 78.2 Å². The van der Waals surface area contributed by atoms with Gasteiger partial charge in [-0.2, -0.15) is 0 Å². The van der Waals surface area contributed by atoms with E-state index in [1.807, 2.05) is 53.4 Å². The third kappa shape index (κ3) is 7.22. The summed E-state index contributed by atoms with van der Waals surface area (Å²) >= 11 is 0. The molecule has 1 N–H and O–H groups in total. The number of anilines is 1. The van der Waals surface area contributed by atoms with Gasteiger partial charge in [-0.3, -0.25) is 14.4 Å². The van der Waals surface area contributed by atoms with Crippen molar-refractivity contribution in [3.8, 4) is 5.69 Å². The smallest absolute Gasteiger partial charge is 0.294 e. The van der Waals surface area contributed by atoms with Gasteiger partial charge in [-0.15, -0.1) is 0 Å². The van der Waals surface area contributed by atoms with Crippen LogP contribution < -0.4 is 10.5 Å². The number of carbonyl (C=O) groups is 2. The molecule has 47 heavy (non-hydrogen) atoms. The molecule has 0 unspecified atom stereocenters. The summed E-state index contributed by atoms with van der Waals surface area (Å²) < 4.78 is 31.2. The first-order valence-electron chi connectivity index (χ1n) is 15.2. The molecule has 1 aliphatic rings. The predicted octanol–water partition coefficient (Wildman–Crippen LogP) is 5.37. The van der Waals surface area contributed by atoms with Gasteiger partial charge < -0.3 is 24.0 Å². The molecule has 0 aliphatic carbocycles. The van der Waals surface area contributed by atoms with Crippen molar-refractivity contribution in [2.24, 2.45) is 0 Å². The number of pyridine rings is 1. The summed E-state index contributed by atoms with van der Waals surface area (Å²) in [6.45, 7) is 1.52. The Balaban J connectivity index is 1.18. The van der Waals surface area contributed by atoms with Crippen LogP contribution in [0.4, 0.5) is 14.5 Å². The van der Waals surface area contributed by atoms with Crippen LogP contribution in [0.25, 0.3) is 11.4 Å². The Kier molecular flexibility index (Phi) is 9.10. The Morgan fingerprint density at radius 2 is 1.45 bits per heavy atom. The van der Waals surface area contributed by atoms with Crippen LogP contribution in [0.1, 0.15) is 22.3 Å². The maximum Gasteiger partial charge on any atom is 0.294 e. The number of nitrogens with zero attached hydrogens (tertiary/aromatic N) is 4. The van der Waals surface area contributed by atoms with Gasteiger partial charge in [0.25, 0.3) is 11.5 Å². The number of aromatic nitrogens is 2. The molecular formula is C37H32F2N4O4. The third-order valence-corrected chi connectivity index (χ3v) is 8.20. The second-order valence-electron chi connectivity index (χ2n) is 11.4. The van der Waals surface area contributed by atoms with Gasteiger partial charge in [0.2, 0.25) is 5.78 Å². The monoisotopic (exact) mass is 634 g/mol. The zero-order valence-corrected chi connectivity index (χ0v) is 25.4. The van der Waals surface area contributed by atoms with Gasteiger partial charge in [-0.25, -0.2) is 8.78 Å². The van der Waals surface area contributed by atoms with Crippen LogP contribution in [0.15, 0.2) is 120 Å². The number of hydrogen-bond acceptors (Lipinski definition) is 5.